The molecular formula is C23H17N. The Bertz CT molecular complexity index is 1260. The quantitative estimate of drug-likeness (QED) is 0.241. The van der Waals surface area contributed by atoms with Crippen molar-refractivity contribution in [2.75, 3.05) is 0 Å². The van der Waals surface area contributed by atoms with Crippen molar-refractivity contribution in [2.24, 2.45) is 0 Å². The predicted molar refractivity (Wildman–Crippen MR) is 104 cm³/mol. The minimum Gasteiger partial charge on any atom is -0.256 e. The summed E-state index contributed by atoms with van der Waals surface area (Å²) >= 11 is 0. The van der Waals surface area contributed by atoms with E-state index >= 15 is 0 Å². The van der Waals surface area contributed by atoms with Crippen LogP contribution in [0.4, 0.5) is 0 Å². The predicted octanol–water partition coefficient (Wildman–Crippen LogP) is 6.31. The van der Waals surface area contributed by atoms with Crippen LogP contribution in [0.25, 0.3) is 43.2 Å². The van der Waals surface area contributed by atoms with E-state index in [-0.39, 0.29) is 0 Å². The van der Waals surface area contributed by atoms with Crippen molar-refractivity contribution in [2.45, 2.75) is 13.8 Å². The first-order valence-corrected chi connectivity index (χ1v) is 8.34. The third kappa shape index (κ3) is 1.67. The van der Waals surface area contributed by atoms with Crippen molar-refractivity contribution in [3.05, 3.63) is 78.0 Å². The second-order valence-electron chi connectivity index (χ2n) is 6.54. The summed E-state index contributed by atoms with van der Waals surface area (Å²) in [4.78, 5) is 4.77. The summed E-state index contributed by atoms with van der Waals surface area (Å²) in [6.07, 6.45) is 1.93. The molecule has 4 aromatic carbocycles. The standard InChI is InChI=1S/C23H17N/c1-14-11-12-24-23-20-13-16-7-3-4-8-17(16)15(2)22(20)19-10-6-5-9-18(19)21(14)23/h3-13H,1-2H3. The molecule has 5 rings (SSSR count). The smallest absolute Gasteiger partial charge is 0.0789 e. The lowest BCUT2D eigenvalue weighted by atomic mass is 9.90. The lowest BCUT2D eigenvalue weighted by molar-refractivity contribution is 1.38. The highest BCUT2D eigenvalue weighted by Gasteiger charge is 2.14. The molecule has 1 aromatic heterocycles. The van der Waals surface area contributed by atoms with E-state index in [1.165, 1.54) is 48.8 Å². The molecule has 0 fully saturated rings. The molecule has 1 heterocycles. The van der Waals surface area contributed by atoms with Gasteiger partial charge in [-0.05, 0) is 64.0 Å². The van der Waals surface area contributed by atoms with Gasteiger partial charge in [0, 0.05) is 17.0 Å². The van der Waals surface area contributed by atoms with Gasteiger partial charge in [0.05, 0.1) is 5.52 Å². The van der Waals surface area contributed by atoms with E-state index in [1.807, 2.05) is 6.20 Å². The molecule has 0 aliphatic carbocycles. The maximum atomic E-state index is 4.77. The van der Waals surface area contributed by atoms with Gasteiger partial charge in [-0.3, -0.25) is 4.98 Å². The van der Waals surface area contributed by atoms with Crippen molar-refractivity contribution in [1.29, 1.82) is 0 Å². The molecule has 0 bridgehead atoms. The molecule has 0 atom stereocenters. The Morgan fingerprint density at radius 3 is 2.12 bits per heavy atom. The summed E-state index contributed by atoms with van der Waals surface area (Å²) < 4.78 is 0. The van der Waals surface area contributed by atoms with E-state index in [4.69, 9.17) is 4.98 Å². The lowest BCUT2D eigenvalue weighted by Gasteiger charge is -2.15. The Hall–Kier alpha value is -2.93. The Kier molecular flexibility index (Phi) is 2.69. The molecule has 0 aliphatic rings. The van der Waals surface area contributed by atoms with Crippen LogP contribution in [0.15, 0.2) is 66.9 Å². The van der Waals surface area contributed by atoms with Gasteiger partial charge in [0.15, 0.2) is 0 Å². The van der Waals surface area contributed by atoms with Gasteiger partial charge in [-0.25, -0.2) is 0 Å². The summed E-state index contributed by atoms with van der Waals surface area (Å²) in [6, 6.07) is 21.8. The van der Waals surface area contributed by atoms with E-state index < -0.39 is 0 Å². The molecule has 114 valence electrons. The zero-order chi connectivity index (χ0) is 16.3. The number of nitrogens with zero attached hydrogens (tertiary/aromatic N) is 1. The number of aromatic nitrogens is 1. The van der Waals surface area contributed by atoms with Crippen molar-refractivity contribution in [1.82, 2.24) is 4.98 Å². The van der Waals surface area contributed by atoms with E-state index in [0.717, 1.165) is 5.52 Å². The van der Waals surface area contributed by atoms with E-state index in [2.05, 4.69) is 74.5 Å². The topological polar surface area (TPSA) is 12.9 Å². The van der Waals surface area contributed by atoms with Crippen molar-refractivity contribution >= 4 is 43.2 Å². The summed E-state index contributed by atoms with van der Waals surface area (Å²) in [5.74, 6) is 0. The molecule has 0 N–H and O–H groups in total. The third-order valence-corrected chi connectivity index (χ3v) is 5.19. The zero-order valence-corrected chi connectivity index (χ0v) is 13.8. The number of aryl methyl sites for hydroxylation is 2. The number of fused-ring (bicyclic) bond motifs is 7. The van der Waals surface area contributed by atoms with Crippen molar-refractivity contribution in [3.63, 3.8) is 0 Å². The zero-order valence-electron chi connectivity index (χ0n) is 13.8. The van der Waals surface area contributed by atoms with Gasteiger partial charge in [-0.2, -0.15) is 0 Å². The Morgan fingerprint density at radius 2 is 1.33 bits per heavy atom. The summed E-state index contributed by atoms with van der Waals surface area (Å²) in [5.41, 5.74) is 3.73. The molecule has 0 amide bonds. The number of benzene rings is 4. The van der Waals surface area contributed by atoms with E-state index in [0.29, 0.717) is 0 Å². The fourth-order valence-electron chi connectivity index (χ4n) is 4.08. The van der Waals surface area contributed by atoms with Crippen molar-refractivity contribution < 1.29 is 0 Å². The normalized spacial score (nSPS) is 11.8. The Balaban J connectivity index is 2.23. The van der Waals surface area contributed by atoms with E-state index in [9.17, 15) is 0 Å². The van der Waals surface area contributed by atoms with Crippen LogP contribution in [0.1, 0.15) is 11.1 Å². The number of pyridine rings is 1. The van der Waals surface area contributed by atoms with E-state index in [1.54, 1.807) is 0 Å². The van der Waals surface area contributed by atoms with Crippen LogP contribution >= 0.6 is 0 Å². The van der Waals surface area contributed by atoms with Crippen LogP contribution in [-0.2, 0) is 0 Å². The molecule has 0 saturated heterocycles. The molecule has 0 aliphatic heterocycles. The maximum absolute atomic E-state index is 4.77. The van der Waals surface area contributed by atoms with Gasteiger partial charge in [-0.1, -0.05) is 48.5 Å². The summed E-state index contributed by atoms with van der Waals surface area (Å²) in [5, 5.41) is 9.07. The number of hydrogen-bond donors (Lipinski definition) is 0. The van der Waals surface area contributed by atoms with Crippen LogP contribution < -0.4 is 0 Å². The first kappa shape index (κ1) is 13.5. The third-order valence-electron chi connectivity index (χ3n) is 5.19. The lowest BCUT2D eigenvalue weighted by Crippen LogP contribution is -1.91. The minimum atomic E-state index is 1.11. The van der Waals surface area contributed by atoms with Gasteiger partial charge in [0.1, 0.15) is 0 Å². The molecule has 5 aromatic rings. The monoisotopic (exact) mass is 307 g/mol. The first-order valence-electron chi connectivity index (χ1n) is 8.34. The Labute approximate surface area is 140 Å². The summed E-state index contributed by atoms with van der Waals surface area (Å²) in [7, 11) is 0. The average Bonchev–Trinajstić information content (AvgIpc) is 2.62. The minimum absolute atomic E-state index is 1.11. The fraction of sp³-hybridized carbons (Fsp3) is 0.0870. The van der Waals surface area contributed by atoms with Crippen LogP contribution in [0.2, 0.25) is 0 Å². The highest BCUT2D eigenvalue weighted by atomic mass is 14.7. The van der Waals surface area contributed by atoms with Gasteiger partial charge < -0.3 is 0 Å². The van der Waals surface area contributed by atoms with Gasteiger partial charge >= 0.3 is 0 Å². The molecule has 1 heteroatoms. The van der Waals surface area contributed by atoms with Crippen LogP contribution in [-0.4, -0.2) is 4.98 Å². The van der Waals surface area contributed by atoms with Crippen LogP contribution in [0.3, 0.4) is 0 Å². The molecule has 1 nitrogen and oxygen atoms in total. The second kappa shape index (κ2) is 4.78. The molecule has 0 radical (unpaired) electrons. The van der Waals surface area contributed by atoms with Crippen molar-refractivity contribution in [3.8, 4) is 0 Å². The largest absolute Gasteiger partial charge is 0.256 e. The van der Waals surface area contributed by atoms with Gasteiger partial charge in [0.2, 0.25) is 0 Å². The molecule has 24 heavy (non-hydrogen) atoms. The molecule has 0 unspecified atom stereocenters. The average molecular weight is 307 g/mol. The summed E-state index contributed by atoms with van der Waals surface area (Å²) in [6.45, 7) is 4.41. The highest BCUT2D eigenvalue weighted by molar-refractivity contribution is 6.28. The molecular weight excluding hydrogens is 290 g/mol. The number of rotatable bonds is 0. The van der Waals surface area contributed by atoms with Gasteiger partial charge in [0.25, 0.3) is 0 Å². The second-order valence-corrected chi connectivity index (χ2v) is 6.54. The SMILES string of the molecule is Cc1c2ccccc2cc2c3nccc(C)c3c3ccccc3c12. The highest BCUT2D eigenvalue weighted by Crippen LogP contribution is 2.39. The van der Waals surface area contributed by atoms with Crippen LogP contribution in [0, 0.1) is 13.8 Å². The van der Waals surface area contributed by atoms with Gasteiger partial charge in [-0.15, -0.1) is 0 Å². The van der Waals surface area contributed by atoms with Crippen LogP contribution in [0.5, 0.6) is 0 Å². The Morgan fingerprint density at radius 1 is 0.667 bits per heavy atom. The first-order chi connectivity index (χ1) is 11.8. The molecule has 0 saturated carbocycles. The maximum Gasteiger partial charge on any atom is 0.0789 e. The number of hydrogen-bond acceptors (Lipinski definition) is 1. The fourth-order valence-corrected chi connectivity index (χ4v) is 4.08. The molecule has 0 spiro atoms.